The van der Waals surface area contributed by atoms with Gasteiger partial charge in [-0.15, -0.1) is 0 Å². The lowest BCUT2D eigenvalue weighted by molar-refractivity contribution is -0.384. The standard InChI is InChI=1S/C34H19NO4/c36-35(37)27-19-21(20-8-2-1-3-9-20)14-16-23(27)26-18-22-15-17-30-32(24-10-4-6-12-28(24)38-30)31(22)33-25-11-5-7-13-29(25)39-34(26)33/h1-19H. The first-order chi connectivity index (χ1) is 19.2. The third-order valence-corrected chi connectivity index (χ3v) is 7.56. The highest BCUT2D eigenvalue weighted by molar-refractivity contribution is 6.32. The average molecular weight is 506 g/mol. The number of nitro benzene ring substituents is 1. The molecule has 0 atom stereocenters. The van der Waals surface area contributed by atoms with Crippen molar-refractivity contribution in [1.29, 1.82) is 0 Å². The van der Waals surface area contributed by atoms with Crippen LogP contribution in [0.3, 0.4) is 0 Å². The number of benzene rings is 6. The number of nitro groups is 1. The van der Waals surface area contributed by atoms with Gasteiger partial charge in [0.2, 0.25) is 0 Å². The zero-order valence-electron chi connectivity index (χ0n) is 20.5. The Bertz CT molecular complexity index is 2260. The number of fused-ring (bicyclic) bond motifs is 9. The number of para-hydroxylation sites is 2. The topological polar surface area (TPSA) is 69.4 Å². The summed E-state index contributed by atoms with van der Waals surface area (Å²) in [5.74, 6) is 0. The van der Waals surface area contributed by atoms with Gasteiger partial charge in [0.1, 0.15) is 22.3 Å². The van der Waals surface area contributed by atoms with Crippen LogP contribution in [0.15, 0.2) is 124 Å². The van der Waals surface area contributed by atoms with Gasteiger partial charge in [0, 0.05) is 38.6 Å². The molecule has 0 fully saturated rings. The van der Waals surface area contributed by atoms with E-state index >= 15 is 0 Å². The summed E-state index contributed by atoms with van der Waals surface area (Å²) >= 11 is 0. The first-order valence-electron chi connectivity index (χ1n) is 12.7. The van der Waals surface area contributed by atoms with Crippen LogP contribution in [-0.2, 0) is 0 Å². The van der Waals surface area contributed by atoms with Gasteiger partial charge in [0.15, 0.2) is 0 Å². The van der Waals surface area contributed by atoms with Crippen LogP contribution in [0.2, 0.25) is 0 Å². The van der Waals surface area contributed by atoms with Crippen LogP contribution in [0.5, 0.6) is 0 Å². The fraction of sp³-hybridized carbons (Fsp3) is 0. The Morgan fingerprint density at radius 1 is 0.538 bits per heavy atom. The summed E-state index contributed by atoms with van der Waals surface area (Å²) in [5.41, 5.74) is 5.92. The number of rotatable bonds is 3. The van der Waals surface area contributed by atoms with Crippen LogP contribution < -0.4 is 0 Å². The molecule has 0 aliphatic rings. The molecule has 0 unspecified atom stereocenters. The monoisotopic (exact) mass is 505 g/mol. The number of furan rings is 2. The highest BCUT2D eigenvalue weighted by Gasteiger charge is 2.24. The normalized spacial score (nSPS) is 11.8. The van der Waals surface area contributed by atoms with Crippen molar-refractivity contribution in [2.45, 2.75) is 0 Å². The second-order valence-corrected chi connectivity index (χ2v) is 9.72. The molecule has 0 amide bonds. The first kappa shape index (κ1) is 21.6. The second-order valence-electron chi connectivity index (χ2n) is 9.72. The van der Waals surface area contributed by atoms with Crippen molar-refractivity contribution in [3.8, 4) is 22.3 Å². The van der Waals surface area contributed by atoms with E-state index < -0.39 is 0 Å². The first-order valence-corrected chi connectivity index (χ1v) is 12.7. The van der Waals surface area contributed by atoms with E-state index in [9.17, 15) is 10.1 Å². The highest BCUT2D eigenvalue weighted by atomic mass is 16.6. The largest absolute Gasteiger partial charge is 0.456 e. The predicted molar refractivity (Wildman–Crippen MR) is 156 cm³/mol. The minimum Gasteiger partial charge on any atom is -0.456 e. The lowest BCUT2D eigenvalue weighted by Gasteiger charge is -2.10. The van der Waals surface area contributed by atoms with Crippen LogP contribution in [-0.4, -0.2) is 4.92 Å². The average Bonchev–Trinajstić information content (AvgIpc) is 3.56. The van der Waals surface area contributed by atoms with Crippen LogP contribution in [0.25, 0.3) is 76.9 Å². The van der Waals surface area contributed by atoms with Crippen molar-refractivity contribution < 1.29 is 13.8 Å². The molecular formula is C34H19NO4. The van der Waals surface area contributed by atoms with Crippen LogP contribution in [0.1, 0.15) is 0 Å². The van der Waals surface area contributed by atoms with Crippen molar-refractivity contribution in [3.05, 3.63) is 125 Å². The fourth-order valence-corrected chi connectivity index (χ4v) is 5.85. The molecule has 0 radical (unpaired) electrons. The lowest BCUT2D eigenvalue weighted by Crippen LogP contribution is -1.94. The molecule has 2 aromatic heterocycles. The lowest BCUT2D eigenvalue weighted by atomic mass is 9.92. The Morgan fingerprint density at radius 2 is 1.23 bits per heavy atom. The molecule has 0 saturated carbocycles. The van der Waals surface area contributed by atoms with Crippen molar-refractivity contribution in [1.82, 2.24) is 0 Å². The number of nitrogens with zero attached hydrogens (tertiary/aromatic N) is 1. The van der Waals surface area contributed by atoms with Crippen molar-refractivity contribution in [2.24, 2.45) is 0 Å². The highest BCUT2D eigenvalue weighted by Crippen LogP contribution is 2.47. The fourth-order valence-electron chi connectivity index (χ4n) is 5.85. The van der Waals surface area contributed by atoms with E-state index in [4.69, 9.17) is 8.83 Å². The van der Waals surface area contributed by atoms with Gasteiger partial charge in [-0.3, -0.25) is 10.1 Å². The summed E-state index contributed by atoms with van der Waals surface area (Å²) in [6.45, 7) is 0. The minimum absolute atomic E-state index is 0.0345. The minimum atomic E-state index is -0.312. The Balaban J connectivity index is 1.52. The molecule has 5 nitrogen and oxygen atoms in total. The zero-order chi connectivity index (χ0) is 26.1. The van der Waals surface area contributed by atoms with Gasteiger partial charge in [0.25, 0.3) is 5.69 Å². The molecule has 39 heavy (non-hydrogen) atoms. The Hall–Kier alpha value is -5.42. The Kier molecular flexibility index (Phi) is 4.46. The molecule has 8 rings (SSSR count). The summed E-state index contributed by atoms with van der Waals surface area (Å²) in [4.78, 5) is 12.1. The number of hydrogen-bond donors (Lipinski definition) is 0. The van der Waals surface area contributed by atoms with Gasteiger partial charge >= 0.3 is 0 Å². The van der Waals surface area contributed by atoms with Gasteiger partial charge in [-0.2, -0.15) is 0 Å². The zero-order valence-corrected chi connectivity index (χ0v) is 20.5. The van der Waals surface area contributed by atoms with E-state index in [2.05, 4.69) is 6.07 Å². The smallest absolute Gasteiger partial charge is 0.277 e. The molecule has 0 N–H and O–H groups in total. The predicted octanol–water partition coefficient (Wildman–Crippen LogP) is 9.88. The molecule has 184 valence electrons. The van der Waals surface area contributed by atoms with Crippen LogP contribution in [0, 0.1) is 10.1 Å². The summed E-state index contributed by atoms with van der Waals surface area (Å²) < 4.78 is 12.7. The van der Waals surface area contributed by atoms with E-state index in [1.54, 1.807) is 6.07 Å². The van der Waals surface area contributed by atoms with Gasteiger partial charge in [-0.25, -0.2) is 0 Å². The molecule has 0 saturated heterocycles. The molecule has 0 aliphatic heterocycles. The van der Waals surface area contributed by atoms with Crippen molar-refractivity contribution in [2.75, 3.05) is 0 Å². The van der Waals surface area contributed by atoms with E-state index in [-0.39, 0.29) is 10.6 Å². The van der Waals surface area contributed by atoms with Crippen molar-refractivity contribution in [3.63, 3.8) is 0 Å². The molecule has 0 bridgehead atoms. The van der Waals surface area contributed by atoms with Gasteiger partial charge in [0.05, 0.1) is 10.5 Å². The quantitative estimate of drug-likeness (QED) is 0.177. The molecule has 8 aromatic rings. The molecular weight excluding hydrogens is 486 g/mol. The molecule has 2 heterocycles. The van der Waals surface area contributed by atoms with Gasteiger partial charge in [-0.05, 0) is 46.8 Å². The molecule has 5 heteroatoms. The Morgan fingerprint density at radius 3 is 2.00 bits per heavy atom. The van der Waals surface area contributed by atoms with Crippen LogP contribution >= 0.6 is 0 Å². The molecule has 0 spiro atoms. The molecule has 6 aromatic carbocycles. The third kappa shape index (κ3) is 3.14. The summed E-state index contributed by atoms with van der Waals surface area (Å²) in [7, 11) is 0. The maximum absolute atomic E-state index is 12.4. The van der Waals surface area contributed by atoms with E-state index in [0.29, 0.717) is 16.7 Å². The maximum Gasteiger partial charge on any atom is 0.277 e. The van der Waals surface area contributed by atoms with Crippen molar-refractivity contribution >= 4 is 60.3 Å². The Labute approximate surface area is 221 Å². The SMILES string of the molecule is O=[N+]([O-])c1cc(-c2ccccc2)ccc1-c1cc2ccc3oc4ccccc4c3c2c2c1oc1ccccc12. The van der Waals surface area contributed by atoms with Crippen LogP contribution in [0.4, 0.5) is 5.69 Å². The van der Waals surface area contributed by atoms with Gasteiger partial charge in [-0.1, -0.05) is 78.9 Å². The second kappa shape index (κ2) is 8.04. The van der Waals surface area contributed by atoms with E-state index in [1.807, 2.05) is 103 Å². The third-order valence-electron chi connectivity index (χ3n) is 7.56. The summed E-state index contributed by atoms with van der Waals surface area (Å²) in [5, 5.41) is 18.3. The number of hydrogen-bond acceptors (Lipinski definition) is 4. The maximum atomic E-state index is 12.4. The molecule has 0 aliphatic carbocycles. The van der Waals surface area contributed by atoms with E-state index in [1.165, 1.54) is 0 Å². The van der Waals surface area contributed by atoms with Gasteiger partial charge < -0.3 is 8.83 Å². The van der Waals surface area contributed by atoms with E-state index in [0.717, 1.165) is 60.2 Å². The summed E-state index contributed by atoms with van der Waals surface area (Å²) in [6.07, 6.45) is 0. The summed E-state index contributed by atoms with van der Waals surface area (Å²) in [6, 6.07) is 37.0.